The Labute approximate surface area is 234 Å². The van der Waals surface area contributed by atoms with Crippen LogP contribution in [0.15, 0.2) is 11.1 Å². The maximum Gasteiger partial charge on any atom is 0.470 e. The van der Waals surface area contributed by atoms with Gasteiger partial charge in [-0.1, -0.05) is 96.8 Å². The molecule has 0 radical (unpaired) electrons. The van der Waals surface area contributed by atoms with E-state index >= 15 is 0 Å². The molecule has 1 aliphatic heterocycles. The molecule has 1 saturated heterocycles. The van der Waals surface area contributed by atoms with E-state index in [0.29, 0.717) is 6.42 Å². The van der Waals surface area contributed by atoms with Crippen molar-refractivity contribution in [2.24, 2.45) is 0 Å². The standard InChI is InChI=1S/C26H46N5O8P/c1-2-3-4-5-6-7-8-9-10-11-12-13-14-15-16-26(34)21(39-40(35,36)37)19(17-32)38-24(26)31-18-28-20-22(31)29-25(27)30-23(20)33/h18-19,21,24,32,34H,2-17H2,1H3,(H2,35,36,37)(H3,27,29,30,33)/t19-,21-,24-,26-/m1/s1. The van der Waals surface area contributed by atoms with Gasteiger partial charge in [0.15, 0.2) is 17.4 Å². The van der Waals surface area contributed by atoms with Gasteiger partial charge in [0.1, 0.15) is 17.8 Å². The number of nitrogen functional groups attached to an aromatic ring is 1. The van der Waals surface area contributed by atoms with Gasteiger partial charge >= 0.3 is 7.82 Å². The van der Waals surface area contributed by atoms with Crippen LogP contribution in [0.4, 0.5) is 5.95 Å². The lowest BCUT2D eigenvalue weighted by molar-refractivity contribution is -0.111. The summed E-state index contributed by atoms with van der Waals surface area (Å²) in [6, 6.07) is 0. The zero-order chi connectivity index (χ0) is 29.2. The Morgan fingerprint density at radius 3 is 2.12 bits per heavy atom. The van der Waals surface area contributed by atoms with E-state index in [1.54, 1.807) is 0 Å². The van der Waals surface area contributed by atoms with Crippen molar-refractivity contribution in [1.82, 2.24) is 19.5 Å². The summed E-state index contributed by atoms with van der Waals surface area (Å²) in [7, 11) is -5.05. The smallest absolute Gasteiger partial charge is 0.394 e. The molecular formula is C26H46N5O8P. The summed E-state index contributed by atoms with van der Waals surface area (Å²) in [6.07, 6.45) is 13.3. The molecule has 14 heteroatoms. The third kappa shape index (κ3) is 8.82. The number of aliphatic hydroxyl groups excluding tert-OH is 1. The van der Waals surface area contributed by atoms with Crippen LogP contribution < -0.4 is 11.3 Å². The van der Waals surface area contributed by atoms with Gasteiger partial charge in [-0.2, -0.15) is 4.98 Å². The first-order valence-corrected chi connectivity index (χ1v) is 16.1. The predicted molar refractivity (Wildman–Crippen MR) is 150 cm³/mol. The van der Waals surface area contributed by atoms with Gasteiger partial charge in [-0.3, -0.25) is 18.9 Å². The first-order valence-electron chi connectivity index (χ1n) is 14.6. The number of aromatic nitrogens is 4. The highest BCUT2D eigenvalue weighted by Crippen LogP contribution is 2.50. The molecule has 0 aromatic carbocycles. The number of H-pyrrole nitrogens is 1. The van der Waals surface area contributed by atoms with Crippen LogP contribution in [0.25, 0.3) is 11.2 Å². The fourth-order valence-corrected chi connectivity index (χ4v) is 6.17. The topological polar surface area (TPSA) is 206 Å². The second-order valence-electron chi connectivity index (χ2n) is 10.8. The van der Waals surface area contributed by atoms with E-state index < -0.39 is 44.0 Å². The summed E-state index contributed by atoms with van der Waals surface area (Å²) >= 11 is 0. The molecule has 40 heavy (non-hydrogen) atoms. The molecule has 2 aromatic rings. The lowest BCUT2D eigenvalue weighted by Gasteiger charge is -2.34. The minimum absolute atomic E-state index is 0.0270. The number of ether oxygens (including phenoxy) is 1. The molecule has 3 rings (SSSR count). The van der Waals surface area contributed by atoms with Crippen molar-refractivity contribution < 1.29 is 33.8 Å². The average Bonchev–Trinajstić information content (AvgIpc) is 3.42. The second kappa shape index (κ2) is 15.4. The Morgan fingerprint density at radius 1 is 1.05 bits per heavy atom. The molecule has 0 amide bonds. The SMILES string of the molecule is CCCCCCCCCCCCCCCC[C@@]1(O)[C@H](OP(=O)(O)O)[C@@H](CO)O[C@H]1n1cnc2c(=O)[nH]c(N)nc21. The van der Waals surface area contributed by atoms with Crippen LogP contribution in [0, 0.1) is 0 Å². The molecule has 228 valence electrons. The Kier molecular flexibility index (Phi) is 12.6. The maximum atomic E-state index is 12.3. The minimum atomic E-state index is -5.05. The van der Waals surface area contributed by atoms with Gasteiger partial charge < -0.3 is 30.5 Å². The van der Waals surface area contributed by atoms with Gasteiger partial charge in [-0.05, 0) is 6.42 Å². The first-order chi connectivity index (χ1) is 19.1. The fraction of sp³-hybridized carbons (Fsp3) is 0.808. The molecule has 1 aliphatic rings. The van der Waals surface area contributed by atoms with Gasteiger partial charge in [0.2, 0.25) is 5.95 Å². The van der Waals surface area contributed by atoms with Crippen molar-refractivity contribution in [3.63, 3.8) is 0 Å². The maximum absolute atomic E-state index is 12.3. The van der Waals surface area contributed by atoms with Crippen LogP contribution >= 0.6 is 7.82 Å². The molecule has 0 saturated carbocycles. The highest BCUT2D eigenvalue weighted by atomic mass is 31.2. The number of nitrogens with one attached hydrogen (secondary N) is 1. The van der Waals surface area contributed by atoms with E-state index in [-0.39, 0.29) is 23.5 Å². The third-order valence-corrected chi connectivity index (χ3v) is 8.13. The number of phosphoric ester groups is 1. The van der Waals surface area contributed by atoms with Crippen molar-refractivity contribution in [3.8, 4) is 0 Å². The molecular weight excluding hydrogens is 541 g/mol. The highest BCUT2D eigenvalue weighted by molar-refractivity contribution is 7.46. The number of phosphoric acid groups is 1. The number of unbranched alkanes of at least 4 members (excludes halogenated alkanes) is 13. The van der Waals surface area contributed by atoms with E-state index in [9.17, 15) is 29.4 Å². The van der Waals surface area contributed by atoms with Crippen molar-refractivity contribution in [2.45, 2.75) is 127 Å². The Bertz CT molecular complexity index is 1150. The Morgan fingerprint density at radius 2 is 1.60 bits per heavy atom. The molecule has 0 unspecified atom stereocenters. The molecule has 1 fully saturated rings. The van der Waals surface area contributed by atoms with E-state index in [1.807, 2.05) is 0 Å². The van der Waals surface area contributed by atoms with E-state index in [0.717, 1.165) is 25.7 Å². The fourth-order valence-electron chi connectivity index (χ4n) is 5.55. The van der Waals surface area contributed by atoms with Crippen LogP contribution in [-0.2, 0) is 13.8 Å². The largest absolute Gasteiger partial charge is 0.470 e. The van der Waals surface area contributed by atoms with Crippen LogP contribution in [-0.4, -0.2) is 63.9 Å². The zero-order valence-corrected chi connectivity index (χ0v) is 24.3. The van der Waals surface area contributed by atoms with Crippen LogP contribution in [0.1, 0.15) is 109 Å². The first kappa shape index (κ1) is 32.7. The van der Waals surface area contributed by atoms with Crippen LogP contribution in [0.2, 0.25) is 0 Å². The molecule has 7 N–H and O–H groups in total. The van der Waals surface area contributed by atoms with Crippen molar-refractivity contribution >= 4 is 24.9 Å². The lowest BCUT2D eigenvalue weighted by atomic mass is 9.88. The number of hydrogen-bond donors (Lipinski definition) is 6. The van der Waals surface area contributed by atoms with Gasteiger partial charge in [0.25, 0.3) is 5.56 Å². The number of aliphatic hydroxyl groups is 2. The number of anilines is 1. The number of imidazole rings is 1. The lowest BCUT2D eigenvalue weighted by Crippen LogP contribution is -2.48. The van der Waals surface area contributed by atoms with Crippen molar-refractivity contribution in [3.05, 3.63) is 16.7 Å². The van der Waals surface area contributed by atoms with Crippen molar-refractivity contribution in [2.75, 3.05) is 12.3 Å². The van der Waals surface area contributed by atoms with Crippen LogP contribution in [0.3, 0.4) is 0 Å². The number of rotatable bonds is 19. The molecule has 4 atom stereocenters. The van der Waals surface area contributed by atoms with Gasteiger partial charge in [0, 0.05) is 0 Å². The predicted octanol–water partition coefficient (Wildman–Crippen LogP) is 3.67. The monoisotopic (exact) mass is 587 g/mol. The van der Waals surface area contributed by atoms with Crippen LogP contribution in [0.5, 0.6) is 0 Å². The third-order valence-electron chi connectivity index (χ3n) is 7.63. The van der Waals surface area contributed by atoms with E-state index in [4.69, 9.17) is 15.0 Å². The van der Waals surface area contributed by atoms with Gasteiger partial charge in [-0.15, -0.1) is 0 Å². The summed E-state index contributed by atoms with van der Waals surface area (Å²) in [4.78, 5) is 41.8. The van der Waals surface area contributed by atoms with E-state index in [1.165, 1.54) is 68.7 Å². The number of hydrogen-bond acceptors (Lipinski definition) is 9. The Hall–Kier alpha value is -1.86. The average molecular weight is 588 g/mol. The normalized spacial score (nSPS) is 23.4. The van der Waals surface area contributed by atoms with Gasteiger partial charge in [0.05, 0.1) is 12.9 Å². The number of nitrogens with zero attached hydrogens (tertiary/aromatic N) is 3. The number of aromatic amines is 1. The minimum Gasteiger partial charge on any atom is -0.394 e. The molecule has 0 bridgehead atoms. The summed E-state index contributed by atoms with van der Waals surface area (Å²) < 4.78 is 23.9. The summed E-state index contributed by atoms with van der Waals surface area (Å²) in [5, 5.41) is 21.7. The van der Waals surface area contributed by atoms with E-state index in [2.05, 4.69) is 21.9 Å². The second-order valence-corrected chi connectivity index (χ2v) is 12.0. The Balaban J connectivity index is 1.57. The summed E-state index contributed by atoms with van der Waals surface area (Å²) in [6.45, 7) is 1.57. The van der Waals surface area contributed by atoms with Gasteiger partial charge in [-0.25, -0.2) is 9.55 Å². The van der Waals surface area contributed by atoms with Crippen molar-refractivity contribution in [1.29, 1.82) is 0 Å². The molecule has 3 heterocycles. The number of fused-ring (bicyclic) bond motifs is 1. The molecule has 0 aliphatic carbocycles. The molecule has 13 nitrogen and oxygen atoms in total. The highest BCUT2D eigenvalue weighted by Gasteiger charge is 2.59. The zero-order valence-electron chi connectivity index (χ0n) is 23.4. The quantitative estimate of drug-likeness (QED) is 0.103. The summed E-state index contributed by atoms with van der Waals surface area (Å²) in [5.41, 5.74) is 3.13. The summed E-state index contributed by atoms with van der Waals surface area (Å²) in [5.74, 6) is -0.172. The number of nitrogens with two attached hydrogens (primary N) is 1. The molecule has 2 aromatic heterocycles. The molecule has 0 spiro atoms.